The van der Waals surface area contributed by atoms with Crippen LogP contribution in [0.25, 0.3) is 0 Å². The first-order valence-corrected chi connectivity index (χ1v) is 8.31. The van der Waals surface area contributed by atoms with Gasteiger partial charge in [0, 0.05) is 23.1 Å². The predicted octanol–water partition coefficient (Wildman–Crippen LogP) is 3.31. The third-order valence-electron chi connectivity index (χ3n) is 3.34. The molecule has 0 saturated carbocycles. The molecule has 1 aromatic rings. The third-order valence-corrected chi connectivity index (χ3v) is 3.93. The number of aryl methyl sites for hydroxylation is 2. The minimum absolute atomic E-state index is 0.452. The second-order valence-electron chi connectivity index (χ2n) is 4.72. The molecule has 104 valence electrons. The van der Waals surface area contributed by atoms with Gasteiger partial charge < -0.3 is 5.32 Å². The maximum atomic E-state index is 4.69. The summed E-state index contributed by atoms with van der Waals surface area (Å²) in [5, 5.41) is 8.32. The second kappa shape index (κ2) is 7.85. The van der Waals surface area contributed by atoms with E-state index >= 15 is 0 Å². The summed E-state index contributed by atoms with van der Waals surface area (Å²) in [5.41, 5.74) is 3.92. The predicted molar refractivity (Wildman–Crippen MR) is 81.4 cm³/mol. The fraction of sp³-hybridized carbons (Fsp3) is 0.786. The van der Waals surface area contributed by atoms with Crippen molar-refractivity contribution in [2.45, 2.75) is 53.1 Å². The van der Waals surface area contributed by atoms with Gasteiger partial charge in [0.1, 0.15) is 0 Å². The quantitative estimate of drug-likeness (QED) is 0.785. The Hall–Kier alpha value is -0.480. The van der Waals surface area contributed by atoms with E-state index in [1.54, 1.807) is 0 Å². The summed E-state index contributed by atoms with van der Waals surface area (Å²) in [6.07, 6.45) is 4.44. The lowest BCUT2D eigenvalue weighted by molar-refractivity contribution is 0.513. The van der Waals surface area contributed by atoms with Crippen molar-refractivity contribution in [2.24, 2.45) is 0 Å². The van der Waals surface area contributed by atoms with Crippen molar-refractivity contribution in [3.8, 4) is 0 Å². The standard InChI is InChI=1S/C14H27N3S/c1-6-8-15-13(7-2)14-11(3)16-17(12(14)4)9-10-18-5/h13,15H,6-10H2,1-5H3. The van der Waals surface area contributed by atoms with E-state index in [1.165, 1.54) is 23.4 Å². The summed E-state index contributed by atoms with van der Waals surface area (Å²) in [7, 11) is 0. The van der Waals surface area contributed by atoms with Crippen LogP contribution in [-0.4, -0.2) is 28.3 Å². The van der Waals surface area contributed by atoms with Crippen LogP contribution in [-0.2, 0) is 6.54 Å². The van der Waals surface area contributed by atoms with Crippen LogP contribution in [0.15, 0.2) is 0 Å². The van der Waals surface area contributed by atoms with Crippen molar-refractivity contribution in [3.05, 3.63) is 17.0 Å². The van der Waals surface area contributed by atoms with Crippen molar-refractivity contribution in [1.82, 2.24) is 15.1 Å². The monoisotopic (exact) mass is 269 g/mol. The highest BCUT2D eigenvalue weighted by atomic mass is 32.2. The minimum atomic E-state index is 0.452. The maximum Gasteiger partial charge on any atom is 0.0644 e. The molecular formula is C14H27N3S. The molecule has 18 heavy (non-hydrogen) atoms. The van der Waals surface area contributed by atoms with Crippen molar-refractivity contribution in [2.75, 3.05) is 18.6 Å². The molecule has 4 heteroatoms. The van der Waals surface area contributed by atoms with Crippen LogP contribution in [0.4, 0.5) is 0 Å². The number of rotatable bonds is 8. The molecule has 1 aromatic heterocycles. The SMILES string of the molecule is CCCNC(CC)c1c(C)nn(CCSC)c1C. The number of nitrogens with zero attached hydrogens (tertiary/aromatic N) is 2. The molecule has 0 spiro atoms. The molecule has 1 atom stereocenters. The first-order chi connectivity index (χ1) is 8.65. The summed E-state index contributed by atoms with van der Waals surface area (Å²) in [5.74, 6) is 1.13. The van der Waals surface area contributed by atoms with Gasteiger partial charge >= 0.3 is 0 Å². The molecule has 0 aliphatic heterocycles. The molecule has 1 N–H and O–H groups in total. The molecule has 0 bridgehead atoms. The molecule has 0 aromatic carbocycles. The van der Waals surface area contributed by atoms with E-state index < -0.39 is 0 Å². The van der Waals surface area contributed by atoms with E-state index in [-0.39, 0.29) is 0 Å². The topological polar surface area (TPSA) is 29.9 Å². The number of hydrogen-bond donors (Lipinski definition) is 1. The Morgan fingerprint density at radius 3 is 2.61 bits per heavy atom. The Bertz CT molecular complexity index is 360. The Labute approximate surface area is 116 Å². The van der Waals surface area contributed by atoms with Crippen molar-refractivity contribution >= 4 is 11.8 Å². The molecule has 0 aliphatic carbocycles. The van der Waals surface area contributed by atoms with E-state index in [2.05, 4.69) is 49.0 Å². The molecule has 3 nitrogen and oxygen atoms in total. The Morgan fingerprint density at radius 2 is 2.06 bits per heavy atom. The van der Waals surface area contributed by atoms with Crippen molar-refractivity contribution in [1.29, 1.82) is 0 Å². The van der Waals surface area contributed by atoms with Crippen LogP contribution >= 0.6 is 11.8 Å². The number of nitrogens with one attached hydrogen (secondary N) is 1. The van der Waals surface area contributed by atoms with Gasteiger partial charge in [-0.05, 0) is 39.5 Å². The van der Waals surface area contributed by atoms with Gasteiger partial charge in [-0.3, -0.25) is 4.68 Å². The molecule has 0 amide bonds. The fourth-order valence-corrected chi connectivity index (χ4v) is 2.74. The lowest BCUT2D eigenvalue weighted by atomic mass is 10.0. The highest BCUT2D eigenvalue weighted by Crippen LogP contribution is 2.24. The molecule has 0 radical (unpaired) electrons. The smallest absolute Gasteiger partial charge is 0.0644 e. The van der Waals surface area contributed by atoms with Crippen LogP contribution in [0.3, 0.4) is 0 Å². The van der Waals surface area contributed by atoms with Gasteiger partial charge in [0.05, 0.1) is 12.2 Å². The maximum absolute atomic E-state index is 4.69. The van der Waals surface area contributed by atoms with Gasteiger partial charge in [-0.15, -0.1) is 0 Å². The van der Waals surface area contributed by atoms with Crippen molar-refractivity contribution < 1.29 is 0 Å². The Morgan fingerprint density at radius 1 is 1.33 bits per heavy atom. The minimum Gasteiger partial charge on any atom is -0.310 e. The van der Waals surface area contributed by atoms with Gasteiger partial charge in [-0.2, -0.15) is 16.9 Å². The van der Waals surface area contributed by atoms with Crippen LogP contribution in [0.2, 0.25) is 0 Å². The second-order valence-corrected chi connectivity index (χ2v) is 5.70. The van der Waals surface area contributed by atoms with Gasteiger partial charge in [-0.25, -0.2) is 0 Å². The Balaban J connectivity index is 2.88. The van der Waals surface area contributed by atoms with E-state index in [4.69, 9.17) is 0 Å². The molecule has 1 rings (SSSR count). The Kier molecular flexibility index (Phi) is 6.79. The summed E-state index contributed by atoms with van der Waals surface area (Å²) in [6, 6.07) is 0.452. The highest BCUT2D eigenvalue weighted by Gasteiger charge is 2.18. The fourth-order valence-electron chi connectivity index (χ4n) is 2.38. The van der Waals surface area contributed by atoms with Crippen LogP contribution < -0.4 is 5.32 Å². The normalized spacial score (nSPS) is 12.9. The molecule has 0 saturated heterocycles. The van der Waals surface area contributed by atoms with Gasteiger partial charge in [0.2, 0.25) is 0 Å². The highest BCUT2D eigenvalue weighted by molar-refractivity contribution is 7.98. The number of aromatic nitrogens is 2. The van der Waals surface area contributed by atoms with E-state index in [1.807, 2.05) is 11.8 Å². The summed E-state index contributed by atoms with van der Waals surface area (Å²) >= 11 is 1.87. The zero-order valence-corrected chi connectivity index (χ0v) is 13.2. The molecule has 0 aliphatic rings. The number of hydrogen-bond acceptors (Lipinski definition) is 3. The van der Waals surface area contributed by atoms with E-state index in [0.29, 0.717) is 6.04 Å². The zero-order chi connectivity index (χ0) is 13.5. The average Bonchev–Trinajstić information content (AvgIpc) is 2.64. The first-order valence-electron chi connectivity index (χ1n) is 6.91. The molecule has 1 unspecified atom stereocenters. The van der Waals surface area contributed by atoms with Crippen LogP contribution in [0.1, 0.15) is 49.7 Å². The lowest BCUT2D eigenvalue weighted by Crippen LogP contribution is -2.22. The van der Waals surface area contributed by atoms with E-state index in [9.17, 15) is 0 Å². The summed E-state index contributed by atoms with van der Waals surface area (Å²) < 4.78 is 2.16. The van der Waals surface area contributed by atoms with E-state index in [0.717, 1.165) is 25.3 Å². The molecule has 1 heterocycles. The lowest BCUT2D eigenvalue weighted by Gasteiger charge is -2.17. The molecule has 0 fully saturated rings. The van der Waals surface area contributed by atoms with Crippen LogP contribution in [0, 0.1) is 13.8 Å². The largest absolute Gasteiger partial charge is 0.310 e. The van der Waals surface area contributed by atoms with Crippen LogP contribution in [0.5, 0.6) is 0 Å². The summed E-state index contributed by atoms with van der Waals surface area (Å²) in [4.78, 5) is 0. The zero-order valence-electron chi connectivity index (χ0n) is 12.4. The first kappa shape index (κ1) is 15.6. The van der Waals surface area contributed by atoms with Gasteiger partial charge in [0.25, 0.3) is 0 Å². The number of thioether (sulfide) groups is 1. The van der Waals surface area contributed by atoms with Gasteiger partial charge in [0.15, 0.2) is 0 Å². The molecular weight excluding hydrogens is 242 g/mol. The summed E-state index contributed by atoms with van der Waals surface area (Å²) in [6.45, 7) is 10.9. The van der Waals surface area contributed by atoms with Gasteiger partial charge in [-0.1, -0.05) is 13.8 Å². The van der Waals surface area contributed by atoms with Crippen molar-refractivity contribution in [3.63, 3.8) is 0 Å². The average molecular weight is 269 g/mol. The third kappa shape index (κ3) is 3.75.